The van der Waals surface area contributed by atoms with Crippen molar-refractivity contribution < 1.29 is 14.6 Å². The predicted molar refractivity (Wildman–Crippen MR) is 51.8 cm³/mol. The molecule has 1 heterocycles. The van der Waals surface area contributed by atoms with Gasteiger partial charge in [0.2, 0.25) is 0 Å². The molecule has 1 fully saturated rings. The van der Waals surface area contributed by atoms with E-state index in [0.29, 0.717) is 19.3 Å². The molecule has 0 radical (unpaired) electrons. The van der Waals surface area contributed by atoms with E-state index in [2.05, 4.69) is 0 Å². The van der Waals surface area contributed by atoms with Crippen LogP contribution < -0.4 is 0 Å². The second kappa shape index (κ2) is 4.55. The van der Waals surface area contributed by atoms with Gasteiger partial charge in [-0.25, -0.2) is 0 Å². The van der Waals surface area contributed by atoms with Crippen LogP contribution in [0.25, 0.3) is 0 Å². The van der Waals surface area contributed by atoms with Crippen LogP contribution >= 0.6 is 0 Å². The lowest BCUT2D eigenvalue weighted by atomic mass is 10.1. The number of epoxide rings is 1. The largest absolute Gasteiger partial charge is 0.392 e. The minimum atomic E-state index is 0.0689. The molecular formula is C11H14O3. The fourth-order valence-electron chi connectivity index (χ4n) is 1.32. The normalized spacial score (nSPS) is 19.6. The molecule has 1 aliphatic rings. The van der Waals surface area contributed by atoms with Gasteiger partial charge >= 0.3 is 0 Å². The van der Waals surface area contributed by atoms with E-state index in [1.54, 1.807) is 0 Å². The van der Waals surface area contributed by atoms with E-state index in [9.17, 15) is 0 Å². The molecule has 1 aromatic carbocycles. The van der Waals surface area contributed by atoms with E-state index in [0.717, 1.165) is 17.7 Å². The molecule has 1 aromatic rings. The number of ether oxygens (including phenoxy) is 2. The Morgan fingerprint density at radius 3 is 2.71 bits per heavy atom. The van der Waals surface area contributed by atoms with Gasteiger partial charge in [0.25, 0.3) is 0 Å². The lowest BCUT2D eigenvalue weighted by molar-refractivity contribution is 0.103. The summed E-state index contributed by atoms with van der Waals surface area (Å²) in [6.07, 6.45) is 0.302. The maximum absolute atomic E-state index is 9.06. The van der Waals surface area contributed by atoms with Crippen molar-refractivity contribution in [1.82, 2.24) is 0 Å². The third-order valence-electron chi connectivity index (χ3n) is 2.25. The Morgan fingerprint density at radius 1 is 1.36 bits per heavy atom. The number of rotatable bonds is 5. The van der Waals surface area contributed by atoms with Gasteiger partial charge in [-0.15, -0.1) is 0 Å². The van der Waals surface area contributed by atoms with Crippen LogP contribution in [0.3, 0.4) is 0 Å². The summed E-state index contributed by atoms with van der Waals surface area (Å²) in [4.78, 5) is 0. The lowest BCUT2D eigenvalue weighted by Gasteiger charge is -2.06. The first-order valence-corrected chi connectivity index (χ1v) is 4.77. The number of hydrogen-bond donors (Lipinski definition) is 1. The van der Waals surface area contributed by atoms with Gasteiger partial charge in [-0.3, -0.25) is 0 Å². The summed E-state index contributed by atoms with van der Waals surface area (Å²) in [6, 6.07) is 7.75. The first-order chi connectivity index (χ1) is 6.90. The standard InChI is InChI=1S/C11H14O3/c12-5-9-3-1-2-4-10(9)6-13-7-11-8-14-11/h1-4,11-12H,5-8H2. The molecule has 0 aromatic heterocycles. The van der Waals surface area contributed by atoms with Gasteiger partial charge in [0.15, 0.2) is 0 Å². The van der Waals surface area contributed by atoms with Gasteiger partial charge in [0.1, 0.15) is 6.10 Å². The van der Waals surface area contributed by atoms with Crippen molar-refractivity contribution in [2.75, 3.05) is 13.2 Å². The zero-order valence-electron chi connectivity index (χ0n) is 7.98. The molecule has 3 nitrogen and oxygen atoms in total. The average molecular weight is 194 g/mol. The third-order valence-corrected chi connectivity index (χ3v) is 2.25. The van der Waals surface area contributed by atoms with Crippen molar-refractivity contribution in [2.24, 2.45) is 0 Å². The molecule has 1 saturated heterocycles. The highest BCUT2D eigenvalue weighted by Crippen LogP contribution is 2.13. The quantitative estimate of drug-likeness (QED) is 0.713. The van der Waals surface area contributed by atoms with Gasteiger partial charge in [-0.2, -0.15) is 0 Å². The predicted octanol–water partition coefficient (Wildman–Crippen LogP) is 1.09. The Hall–Kier alpha value is -0.900. The maximum atomic E-state index is 9.06. The molecular weight excluding hydrogens is 180 g/mol. The second-order valence-corrected chi connectivity index (χ2v) is 3.40. The first-order valence-electron chi connectivity index (χ1n) is 4.77. The molecule has 1 unspecified atom stereocenters. The number of aliphatic hydroxyl groups is 1. The van der Waals surface area contributed by atoms with E-state index in [4.69, 9.17) is 14.6 Å². The highest BCUT2D eigenvalue weighted by atomic mass is 16.6. The SMILES string of the molecule is OCc1ccccc1COCC1CO1. The van der Waals surface area contributed by atoms with E-state index in [1.165, 1.54) is 0 Å². The third kappa shape index (κ3) is 2.54. The van der Waals surface area contributed by atoms with Gasteiger partial charge in [0.05, 0.1) is 26.4 Å². The summed E-state index contributed by atoms with van der Waals surface area (Å²) in [7, 11) is 0. The molecule has 1 aliphatic heterocycles. The summed E-state index contributed by atoms with van der Waals surface area (Å²) in [5.41, 5.74) is 1.99. The average Bonchev–Trinajstić information content (AvgIpc) is 3.03. The van der Waals surface area contributed by atoms with Gasteiger partial charge in [-0.1, -0.05) is 24.3 Å². The smallest absolute Gasteiger partial charge is 0.104 e. The van der Waals surface area contributed by atoms with Crippen LogP contribution in [0.5, 0.6) is 0 Å². The molecule has 2 rings (SSSR count). The van der Waals surface area contributed by atoms with Crippen LogP contribution in [0.1, 0.15) is 11.1 Å². The van der Waals surface area contributed by atoms with Crippen LogP contribution in [0.15, 0.2) is 24.3 Å². The number of hydrogen-bond acceptors (Lipinski definition) is 3. The minimum absolute atomic E-state index is 0.0689. The lowest BCUT2D eigenvalue weighted by Crippen LogP contribution is -2.03. The summed E-state index contributed by atoms with van der Waals surface area (Å²) in [5.74, 6) is 0. The van der Waals surface area contributed by atoms with Gasteiger partial charge in [0, 0.05) is 0 Å². The van der Waals surface area contributed by atoms with E-state index in [-0.39, 0.29) is 6.61 Å². The van der Waals surface area contributed by atoms with Crippen molar-refractivity contribution in [2.45, 2.75) is 19.3 Å². The van der Waals surface area contributed by atoms with Crippen molar-refractivity contribution in [3.05, 3.63) is 35.4 Å². The molecule has 0 bridgehead atoms. The highest BCUT2D eigenvalue weighted by Gasteiger charge is 2.22. The molecule has 0 saturated carbocycles. The molecule has 1 atom stereocenters. The van der Waals surface area contributed by atoms with E-state index < -0.39 is 0 Å². The zero-order valence-corrected chi connectivity index (χ0v) is 7.98. The van der Waals surface area contributed by atoms with Crippen LogP contribution in [0.2, 0.25) is 0 Å². The summed E-state index contributed by atoms with van der Waals surface area (Å²) in [5, 5.41) is 9.06. The number of aliphatic hydroxyl groups excluding tert-OH is 1. The Balaban J connectivity index is 1.86. The second-order valence-electron chi connectivity index (χ2n) is 3.40. The fraction of sp³-hybridized carbons (Fsp3) is 0.455. The highest BCUT2D eigenvalue weighted by molar-refractivity contribution is 5.25. The van der Waals surface area contributed by atoms with E-state index in [1.807, 2.05) is 24.3 Å². The molecule has 3 heteroatoms. The summed E-state index contributed by atoms with van der Waals surface area (Å²) in [6.45, 7) is 2.09. The zero-order chi connectivity index (χ0) is 9.80. The van der Waals surface area contributed by atoms with Crippen molar-refractivity contribution in [3.8, 4) is 0 Å². The molecule has 76 valence electrons. The van der Waals surface area contributed by atoms with Crippen LogP contribution in [-0.4, -0.2) is 24.4 Å². The monoisotopic (exact) mass is 194 g/mol. The van der Waals surface area contributed by atoms with Crippen molar-refractivity contribution in [1.29, 1.82) is 0 Å². The van der Waals surface area contributed by atoms with Gasteiger partial charge in [-0.05, 0) is 11.1 Å². The van der Waals surface area contributed by atoms with Crippen LogP contribution in [0.4, 0.5) is 0 Å². The summed E-state index contributed by atoms with van der Waals surface area (Å²) < 4.78 is 10.5. The Labute approximate surface area is 83.3 Å². The molecule has 0 aliphatic carbocycles. The molecule has 0 amide bonds. The summed E-state index contributed by atoms with van der Waals surface area (Å²) >= 11 is 0. The fourth-order valence-corrected chi connectivity index (χ4v) is 1.32. The topological polar surface area (TPSA) is 42.0 Å². The van der Waals surface area contributed by atoms with Gasteiger partial charge < -0.3 is 14.6 Å². The molecule has 1 N–H and O–H groups in total. The van der Waals surface area contributed by atoms with Crippen molar-refractivity contribution >= 4 is 0 Å². The Bertz CT molecular complexity index is 294. The molecule has 14 heavy (non-hydrogen) atoms. The number of benzene rings is 1. The molecule has 0 spiro atoms. The Morgan fingerprint density at radius 2 is 2.07 bits per heavy atom. The Kier molecular flexibility index (Phi) is 3.14. The van der Waals surface area contributed by atoms with Crippen molar-refractivity contribution in [3.63, 3.8) is 0 Å². The maximum Gasteiger partial charge on any atom is 0.104 e. The van der Waals surface area contributed by atoms with Crippen LogP contribution in [-0.2, 0) is 22.7 Å². The van der Waals surface area contributed by atoms with E-state index >= 15 is 0 Å². The van der Waals surface area contributed by atoms with Crippen LogP contribution in [0, 0.1) is 0 Å². The first kappa shape index (κ1) is 9.65. The minimum Gasteiger partial charge on any atom is -0.392 e.